The van der Waals surface area contributed by atoms with E-state index in [1.165, 1.54) is 30.5 Å². The van der Waals surface area contributed by atoms with E-state index in [1.54, 1.807) is 37.3 Å². The molecule has 0 aliphatic rings. The Bertz CT molecular complexity index is 982. The molecule has 0 amide bonds. The van der Waals surface area contributed by atoms with E-state index in [1.807, 2.05) is 11.5 Å². The highest BCUT2D eigenvalue weighted by Gasteiger charge is 2.17. The maximum Gasteiger partial charge on any atom is 0.331 e. The van der Waals surface area contributed by atoms with Crippen LogP contribution in [0.25, 0.3) is 11.8 Å². The lowest BCUT2D eigenvalue weighted by Gasteiger charge is -2.09. The molecule has 0 bridgehead atoms. The van der Waals surface area contributed by atoms with Crippen LogP contribution in [0.15, 0.2) is 59.2 Å². The zero-order chi connectivity index (χ0) is 19.4. The number of hydrogen-bond acceptors (Lipinski definition) is 4. The molecule has 0 N–H and O–H groups in total. The van der Waals surface area contributed by atoms with Crippen LogP contribution in [0.4, 0.5) is 4.39 Å². The summed E-state index contributed by atoms with van der Waals surface area (Å²) in [6, 6.07) is 11.1. The van der Waals surface area contributed by atoms with Gasteiger partial charge in [-0.05, 0) is 62.4 Å². The number of hydrogen-bond donors (Lipinski definition) is 0. The summed E-state index contributed by atoms with van der Waals surface area (Å²) in [6.07, 6.45) is 4.16. The van der Waals surface area contributed by atoms with Crippen molar-refractivity contribution in [2.75, 3.05) is 6.61 Å². The van der Waals surface area contributed by atoms with Crippen LogP contribution < -0.4 is 0 Å². The van der Waals surface area contributed by atoms with Gasteiger partial charge in [0.05, 0.1) is 6.26 Å². The maximum absolute atomic E-state index is 13.1. The first-order valence-corrected chi connectivity index (χ1v) is 8.32. The molecule has 6 heteroatoms. The molecule has 0 aliphatic carbocycles. The van der Waals surface area contributed by atoms with Crippen molar-refractivity contribution < 1.29 is 23.1 Å². The van der Waals surface area contributed by atoms with E-state index in [-0.39, 0.29) is 18.2 Å². The number of carbonyl (C=O) groups excluding carboxylic acids is 2. The Balaban J connectivity index is 1.69. The molecular formula is C21H18FNO4. The fourth-order valence-electron chi connectivity index (χ4n) is 2.83. The Hall–Kier alpha value is -3.41. The maximum atomic E-state index is 13.1. The monoisotopic (exact) mass is 367 g/mol. The summed E-state index contributed by atoms with van der Waals surface area (Å²) in [7, 11) is 0. The van der Waals surface area contributed by atoms with Crippen molar-refractivity contribution in [2.24, 2.45) is 0 Å². The molecule has 0 radical (unpaired) electrons. The quantitative estimate of drug-likeness (QED) is 0.371. The number of Topliss-reactive ketones (excluding diaryl/α,β-unsaturated/α-hetero) is 1. The molecule has 0 saturated heterocycles. The highest BCUT2D eigenvalue weighted by atomic mass is 19.1. The Kier molecular flexibility index (Phi) is 5.35. The van der Waals surface area contributed by atoms with E-state index in [4.69, 9.17) is 9.15 Å². The van der Waals surface area contributed by atoms with Gasteiger partial charge in [0.1, 0.15) is 11.6 Å². The van der Waals surface area contributed by atoms with Crippen LogP contribution in [0.1, 0.15) is 27.5 Å². The third-order valence-electron chi connectivity index (χ3n) is 4.09. The van der Waals surface area contributed by atoms with Gasteiger partial charge < -0.3 is 13.7 Å². The van der Waals surface area contributed by atoms with Crippen LogP contribution >= 0.6 is 0 Å². The number of benzene rings is 1. The minimum atomic E-state index is -0.632. The van der Waals surface area contributed by atoms with Gasteiger partial charge in [0, 0.05) is 28.7 Å². The highest BCUT2D eigenvalue weighted by molar-refractivity contribution is 6.00. The number of esters is 1. The lowest BCUT2D eigenvalue weighted by Crippen LogP contribution is -2.13. The van der Waals surface area contributed by atoms with Gasteiger partial charge in [-0.2, -0.15) is 0 Å². The van der Waals surface area contributed by atoms with Gasteiger partial charge in [-0.1, -0.05) is 0 Å². The molecule has 3 aromatic rings. The predicted molar refractivity (Wildman–Crippen MR) is 98.2 cm³/mol. The number of halogens is 1. The molecule has 0 unspecified atom stereocenters. The van der Waals surface area contributed by atoms with Crippen molar-refractivity contribution in [3.05, 3.63) is 83.3 Å². The van der Waals surface area contributed by atoms with Crippen LogP contribution in [0, 0.1) is 19.7 Å². The van der Waals surface area contributed by atoms with Crippen molar-refractivity contribution in [3.8, 4) is 5.69 Å². The van der Waals surface area contributed by atoms with Crippen molar-refractivity contribution in [1.29, 1.82) is 0 Å². The van der Waals surface area contributed by atoms with E-state index < -0.39 is 5.97 Å². The first-order valence-electron chi connectivity index (χ1n) is 8.32. The number of nitrogens with zero attached hydrogens (tertiary/aromatic N) is 1. The minimum absolute atomic E-state index is 0.309. The van der Waals surface area contributed by atoms with Gasteiger partial charge in [0.2, 0.25) is 5.78 Å². The lowest BCUT2D eigenvalue weighted by atomic mass is 10.1. The molecular weight excluding hydrogens is 349 g/mol. The summed E-state index contributed by atoms with van der Waals surface area (Å²) in [4.78, 5) is 24.2. The summed E-state index contributed by atoms with van der Waals surface area (Å²) in [5, 5.41) is 0. The first-order chi connectivity index (χ1) is 13.0. The van der Waals surface area contributed by atoms with E-state index in [9.17, 15) is 14.0 Å². The van der Waals surface area contributed by atoms with Crippen LogP contribution in [0.5, 0.6) is 0 Å². The zero-order valence-corrected chi connectivity index (χ0v) is 14.9. The second-order valence-electron chi connectivity index (χ2n) is 5.98. The molecule has 5 nitrogen and oxygen atoms in total. The molecule has 3 rings (SSSR count). The van der Waals surface area contributed by atoms with Crippen LogP contribution in [0.2, 0.25) is 0 Å². The van der Waals surface area contributed by atoms with E-state index in [0.717, 1.165) is 11.4 Å². The second kappa shape index (κ2) is 7.86. The Morgan fingerprint density at radius 3 is 2.59 bits per heavy atom. The second-order valence-corrected chi connectivity index (χ2v) is 5.98. The van der Waals surface area contributed by atoms with Crippen LogP contribution in [-0.2, 0) is 9.53 Å². The number of aromatic nitrogens is 1. The Labute approximate surface area is 155 Å². The molecule has 138 valence electrons. The molecule has 0 atom stereocenters. The standard InChI is InChI=1S/C21H18FNO4/c1-14-12-19(15(2)23(14)17-7-5-16(22)6-8-17)20(24)13-27-21(25)10-9-18-4-3-11-26-18/h3-12H,13H2,1-2H3/b10-9+. The SMILES string of the molecule is Cc1cc(C(=O)COC(=O)/C=C/c2ccco2)c(C)n1-c1ccc(F)cc1. The lowest BCUT2D eigenvalue weighted by molar-refractivity contribution is -0.136. The molecule has 0 spiro atoms. The van der Waals surface area contributed by atoms with E-state index in [2.05, 4.69) is 0 Å². The average Bonchev–Trinajstić information content (AvgIpc) is 3.27. The number of rotatable bonds is 6. The normalized spacial score (nSPS) is 11.1. The first kappa shape index (κ1) is 18.4. The van der Waals surface area contributed by atoms with Crippen LogP contribution in [0.3, 0.4) is 0 Å². The predicted octanol–water partition coefficient (Wildman–Crippen LogP) is 4.27. The van der Waals surface area contributed by atoms with Crippen LogP contribution in [-0.4, -0.2) is 22.9 Å². The summed E-state index contributed by atoms with van der Waals surface area (Å²) < 4.78 is 25.1. The zero-order valence-electron chi connectivity index (χ0n) is 14.9. The number of ether oxygens (including phenoxy) is 1. The van der Waals surface area contributed by atoms with Crippen molar-refractivity contribution in [2.45, 2.75) is 13.8 Å². The van der Waals surface area contributed by atoms with Crippen molar-refractivity contribution in [1.82, 2.24) is 4.57 Å². The largest absolute Gasteiger partial charge is 0.465 e. The number of aryl methyl sites for hydroxylation is 1. The number of furan rings is 1. The van der Waals surface area contributed by atoms with Crippen molar-refractivity contribution >= 4 is 17.8 Å². The Morgan fingerprint density at radius 1 is 1.19 bits per heavy atom. The number of carbonyl (C=O) groups is 2. The van der Waals surface area contributed by atoms with Gasteiger partial charge in [-0.3, -0.25) is 4.79 Å². The average molecular weight is 367 g/mol. The fourth-order valence-corrected chi connectivity index (χ4v) is 2.83. The van der Waals surface area contributed by atoms with Gasteiger partial charge in [0.15, 0.2) is 6.61 Å². The van der Waals surface area contributed by atoms with Gasteiger partial charge in [0.25, 0.3) is 0 Å². The van der Waals surface area contributed by atoms with Gasteiger partial charge >= 0.3 is 5.97 Å². The molecule has 1 aromatic carbocycles. The summed E-state index contributed by atoms with van der Waals surface area (Å²) in [5.41, 5.74) is 2.74. The molecule has 0 aliphatic heterocycles. The highest BCUT2D eigenvalue weighted by Crippen LogP contribution is 2.21. The third kappa shape index (κ3) is 4.23. The smallest absolute Gasteiger partial charge is 0.331 e. The minimum Gasteiger partial charge on any atom is -0.465 e. The molecule has 2 heterocycles. The Morgan fingerprint density at radius 2 is 1.93 bits per heavy atom. The van der Waals surface area contributed by atoms with Crippen molar-refractivity contribution in [3.63, 3.8) is 0 Å². The molecule has 0 fully saturated rings. The van der Waals surface area contributed by atoms with E-state index >= 15 is 0 Å². The topological polar surface area (TPSA) is 61.4 Å². The summed E-state index contributed by atoms with van der Waals surface area (Å²) in [5.74, 6) is -0.753. The summed E-state index contributed by atoms with van der Waals surface area (Å²) in [6.45, 7) is 3.28. The van der Waals surface area contributed by atoms with Gasteiger partial charge in [-0.15, -0.1) is 0 Å². The molecule has 2 aromatic heterocycles. The molecule has 27 heavy (non-hydrogen) atoms. The summed E-state index contributed by atoms with van der Waals surface area (Å²) >= 11 is 0. The molecule has 0 saturated carbocycles. The fraction of sp³-hybridized carbons (Fsp3) is 0.143. The van der Waals surface area contributed by atoms with Gasteiger partial charge in [-0.25, -0.2) is 9.18 Å². The van der Waals surface area contributed by atoms with E-state index in [0.29, 0.717) is 17.0 Å². The number of ketones is 1. The third-order valence-corrected chi connectivity index (χ3v) is 4.09.